The molecule has 0 radical (unpaired) electrons. The Bertz CT molecular complexity index is 1170. The molecule has 0 aliphatic carbocycles. The molecule has 0 spiro atoms. The molecular weight excluding hydrogens is 397 g/mol. The first kappa shape index (κ1) is 22.1. The fraction of sp³-hybridized carbons (Fsp3) is 0.111. The van der Waals surface area contributed by atoms with Gasteiger partial charge >= 0.3 is 35.2 Å². The number of nitrogens with one attached hydrogen (secondary N) is 1. The second-order valence-corrected chi connectivity index (χ2v) is 7.16. The van der Waals surface area contributed by atoms with Crippen molar-refractivity contribution in [2.45, 2.75) is 11.8 Å². The third kappa shape index (κ3) is 5.43. The number of aryl methyl sites for hydroxylation is 1. The summed E-state index contributed by atoms with van der Waals surface area (Å²) in [5.74, 6) is -0.117. The molecule has 28 heavy (non-hydrogen) atoms. The van der Waals surface area contributed by atoms with E-state index in [2.05, 4.69) is 5.32 Å². The second kappa shape index (κ2) is 8.89. The Morgan fingerprint density at radius 2 is 1.82 bits per heavy atom. The van der Waals surface area contributed by atoms with Crippen molar-refractivity contribution in [1.82, 2.24) is 0 Å². The molecule has 0 saturated carbocycles. The number of hydrogen-bond donors (Lipinski definition) is 2. The summed E-state index contributed by atoms with van der Waals surface area (Å²) in [6, 6.07) is 11.3. The van der Waals surface area contributed by atoms with Crippen LogP contribution in [0.25, 0.3) is 11.0 Å². The number of amides is 1. The number of rotatable bonds is 5. The number of carbonyl (C=O) groups is 1. The zero-order chi connectivity index (χ0) is 19.6. The molecular formula is C18H15NNaO7S+. The van der Waals surface area contributed by atoms with Gasteiger partial charge in [-0.3, -0.25) is 9.35 Å². The van der Waals surface area contributed by atoms with Crippen LogP contribution in [0.5, 0.6) is 5.75 Å². The number of carbonyl (C=O) groups excluding carboxylic acids is 1. The second-order valence-electron chi connectivity index (χ2n) is 5.74. The van der Waals surface area contributed by atoms with Crippen LogP contribution in [0.2, 0.25) is 0 Å². The van der Waals surface area contributed by atoms with Gasteiger partial charge in [0.05, 0.1) is 4.90 Å². The van der Waals surface area contributed by atoms with E-state index in [0.29, 0.717) is 17.0 Å². The number of anilines is 1. The molecule has 1 aromatic heterocycles. The summed E-state index contributed by atoms with van der Waals surface area (Å²) >= 11 is 0. The van der Waals surface area contributed by atoms with Crippen LogP contribution in [0.4, 0.5) is 5.69 Å². The number of benzene rings is 2. The van der Waals surface area contributed by atoms with Gasteiger partial charge in [-0.05, 0) is 48.9 Å². The van der Waals surface area contributed by atoms with Crippen LogP contribution in [0.3, 0.4) is 0 Å². The van der Waals surface area contributed by atoms with Crippen LogP contribution in [0.15, 0.2) is 62.6 Å². The maximum atomic E-state index is 12.0. The standard InChI is InChI=1S/C18H15NO7S.Na/c1-11-8-18(21)26-16-9-13(4-7-15(11)16)25-10-17(20)19-12-2-5-14(6-3-12)27(22,23)24;/h2-9H,10H2,1H3,(H,19,20)(H,22,23,24);/q;+1. The van der Waals surface area contributed by atoms with Crippen LogP contribution >= 0.6 is 0 Å². The molecule has 0 aliphatic rings. The Hall–Kier alpha value is -2.17. The molecule has 2 N–H and O–H groups in total. The largest absolute Gasteiger partial charge is 1.00 e. The van der Waals surface area contributed by atoms with Gasteiger partial charge in [-0.1, -0.05) is 0 Å². The number of hydrogen-bond acceptors (Lipinski definition) is 6. The molecule has 0 fully saturated rings. The van der Waals surface area contributed by atoms with Gasteiger partial charge in [0.1, 0.15) is 11.3 Å². The Balaban J connectivity index is 0.00000280. The van der Waals surface area contributed by atoms with Gasteiger partial charge in [0.2, 0.25) is 0 Å². The molecule has 2 aromatic carbocycles. The SMILES string of the molecule is Cc1cc(=O)oc2cc(OCC(=O)Nc3ccc(S(=O)(=O)O)cc3)ccc12.[Na+]. The number of fused-ring (bicyclic) bond motifs is 1. The van der Waals surface area contributed by atoms with E-state index in [9.17, 15) is 18.0 Å². The summed E-state index contributed by atoms with van der Waals surface area (Å²) in [7, 11) is -4.29. The maximum Gasteiger partial charge on any atom is 1.00 e. The van der Waals surface area contributed by atoms with E-state index in [0.717, 1.165) is 10.9 Å². The predicted molar refractivity (Wildman–Crippen MR) is 97.6 cm³/mol. The van der Waals surface area contributed by atoms with Crippen molar-refractivity contribution < 1.29 is 56.5 Å². The van der Waals surface area contributed by atoms with E-state index in [1.807, 2.05) is 0 Å². The minimum absolute atomic E-state index is 0. The van der Waals surface area contributed by atoms with Crippen molar-refractivity contribution in [2.75, 3.05) is 11.9 Å². The molecule has 1 amide bonds. The summed E-state index contributed by atoms with van der Waals surface area (Å²) < 4.78 is 41.4. The van der Waals surface area contributed by atoms with E-state index in [4.69, 9.17) is 13.7 Å². The fourth-order valence-corrected chi connectivity index (χ4v) is 2.93. The fourth-order valence-electron chi connectivity index (χ4n) is 2.45. The molecule has 0 aliphatic heterocycles. The predicted octanol–water partition coefficient (Wildman–Crippen LogP) is -0.630. The molecule has 3 aromatic rings. The minimum Gasteiger partial charge on any atom is -0.484 e. The van der Waals surface area contributed by atoms with Crippen molar-refractivity contribution in [2.24, 2.45) is 0 Å². The summed E-state index contributed by atoms with van der Waals surface area (Å²) in [6.45, 7) is 1.49. The smallest absolute Gasteiger partial charge is 0.484 e. The molecule has 0 atom stereocenters. The minimum atomic E-state index is -4.29. The van der Waals surface area contributed by atoms with Gasteiger partial charge in [0, 0.05) is 23.2 Å². The van der Waals surface area contributed by atoms with E-state index < -0.39 is 21.7 Å². The average molecular weight is 412 g/mol. The van der Waals surface area contributed by atoms with Gasteiger partial charge in [-0.2, -0.15) is 8.42 Å². The topological polar surface area (TPSA) is 123 Å². The molecule has 0 bridgehead atoms. The first-order chi connectivity index (χ1) is 12.7. The Morgan fingerprint density at radius 1 is 1.14 bits per heavy atom. The van der Waals surface area contributed by atoms with Crippen molar-refractivity contribution in [3.63, 3.8) is 0 Å². The van der Waals surface area contributed by atoms with Gasteiger partial charge in [0.25, 0.3) is 16.0 Å². The monoisotopic (exact) mass is 412 g/mol. The summed E-state index contributed by atoms with van der Waals surface area (Å²) in [5.41, 5.74) is 1.01. The van der Waals surface area contributed by atoms with Crippen molar-refractivity contribution in [3.05, 3.63) is 64.5 Å². The van der Waals surface area contributed by atoms with E-state index >= 15 is 0 Å². The van der Waals surface area contributed by atoms with Gasteiger partial charge in [-0.15, -0.1) is 0 Å². The Morgan fingerprint density at radius 3 is 2.46 bits per heavy atom. The van der Waals surface area contributed by atoms with Crippen LogP contribution < -0.4 is 45.2 Å². The van der Waals surface area contributed by atoms with Crippen LogP contribution in [0, 0.1) is 6.92 Å². The van der Waals surface area contributed by atoms with E-state index in [1.165, 1.54) is 36.4 Å². The van der Waals surface area contributed by atoms with Crippen molar-refractivity contribution in [1.29, 1.82) is 0 Å². The third-order valence-electron chi connectivity index (χ3n) is 3.73. The zero-order valence-corrected chi connectivity index (χ0v) is 17.9. The van der Waals surface area contributed by atoms with Crippen LogP contribution in [-0.4, -0.2) is 25.5 Å². The molecule has 140 valence electrons. The summed E-state index contributed by atoms with van der Waals surface area (Å²) in [5, 5.41) is 3.30. The Labute approximate surface area is 182 Å². The number of ether oxygens (including phenoxy) is 1. The summed E-state index contributed by atoms with van der Waals surface area (Å²) in [4.78, 5) is 23.1. The van der Waals surface area contributed by atoms with Gasteiger partial charge in [-0.25, -0.2) is 4.79 Å². The van der Waals surface area contributed by atoms with Crippen LogP contribution in [-0.2, 0) is 14.9 Å². The quantitative estimate of drug-likeness (QED) is 0.325. The zero-order valence-electron chi connectivity index (χ0n) is 15.1. The first-order valence-corrected chi connectivity index (χ1v) is 9.21. The van der Waals surface area contributed by atoms with Gasteiger partial charge < -0.3 is 14.5 Å². The normalized spacial score (nSPS) is 10.9. The van der Waals surface area contributed by atoms with E-state index in [-0.39, 0.29) is 41.1 Å². The average Bonchev–Trinajstić information content (AvgIpc) is 2.59. The molecule has 0 unspecified atom stereocenters. The van der Waals surface area contributed by atoms with Crippen molar-refractivity contribution >= 4 is 32.7 Å². The molecule has 3 rings (SSSR count). The van der Waals surface area contributed by atoms with Crippen LogP contribution in [0.1, 0.15) is 5.56 Å². The Kier molecular flexibility index (Phi) is 7.02. The molecule has 10 heteroatoms. The summed E-state index contributed by atoms with van der Waals surface area (Å²) in [6.07, 6.45) is 0. The van der Waals surface area contributed by atoms with Crippen molar-refractivity contribution in [3.8, 4) is 5.75 Å². The first-order valence-electron chi connectivity index (χ1n) is 7.77. The molecule has 0 saturated heterocycles. The van der Waals surface area contributed by atoms with Gasteiger partial charge in [0.15, 0.2) is 6.61 Å². The third-order valence-corrected chi connectivity index (χ3v) is 4.60. The van der Waals surface area contributed by atoms with E-state index in [1.54, 1.807) is 19.1 Å². The molecule has 8 nitrogen and oxygen atoms in total. The molecule has 1 heterocycles. The maximum absolute atomic E-state index is 12.0.